The standard InChI is InChI=1S/C114H174O10/c1-85(2)43-41-45-87(5)99-65-67-101-97-63-57-91-83-95(69-73-111(91,7)103(97)71-75-113(99,101)9)123-109(115)51-29-21-17-13-11-15-19-23-37-79-119-105-47-31-33-49-107(105)121-81-39-27-25-35-77-117-93-59-53-89(54-60-93)90-55-61-94(62-56-90)118-78-36-26-28-40-82-122-108-50-34-32-48-106(108)120-80-38-24-20-16-12-14-18-22-30-52-110(116)124-96-70-74-112(8)92(84-96)58-64-98-102-68-66-100(88(6)46-42-44-86(3)4)114(102,10)76-72-104(98)112/h31-34,47-50,53-62,85-88,95-104H,11-30,35-46,51-52,63-84H2,1-10H3/t87-,88-,95?,96?,97+,98+,99-,100-,101+,102+,103+,104+,111+,112+,113-,114-/m1/s1. The van der Waals surface area contributed by atoms with Crippen LogP contribution in [0.25, 0.3) is 11.1 Å². The zero-order valence-electron chi connectivity index (χ0n) is 80.2. The molecule has 2 unspecified atom stereocenters. The van der Waals surface area contributed by atoms with Gasteiger partial charge in [-0.1, -0.05) is 269 Å². The lowest BCUT2D eigenvalue weighted by Crippen LogP contribution is -2.51. The molecule has 0 radical (unpaired) electrons. The Balaban J connectivity index is 0.409. The Bertz CT molecular complexity index is 3570. The van der Waals surface area contributed by atoms with Crippen LogP contribution in [0.3, 0.4) is 0 Å². The lowest BCUT2D eigenvalue weighted by molar-refractivity contribution is -0.152. The number of hydrogen-bond donors (Lipinski definition) is 0. The summed E-state index contributed by atoms with van der Waals surface area (Å²) in [6, 6.07) is 33.1. The van der Waals surface area contributed by atoms with Gasteiger partial charge in [0, 0.05) is 25.7 Å². The van der Waals surface area contributed by atoms with E-state index in [-0.39, 0.29) is 24.1 Å². The van der Waals surface area contributed by atoms with Crippen LogP contribution in [0, 0.1) is 92.7 Å². The fraction of sp³-hybridized carbons (Fsp3) is 0.737. The van der Waals surface area contributed by atoms with E-state index in [0.29, 0.717) is 74.1 Å². The normalized spacial score (nSPS) is 27.3. The molecule has 16 atom stereocenters. The molecular formula is C114H174O10. The van der Waals surface area contributed by atoms with Gasteiger partial charge in [0.2, 0.25) is 0 Å². The first-order valence-corrected chi connectivity index (χ1v) is 52.2. The summed E-state index contributed by atoms with van der Waals surface area (Å²) in [6.45, 7) is 29.5. The van der Waals surface area contributed by atoms with E-state index in [2.05, 4.69) is 130 Å². The van der Waals surface area contributed by atoms with Gasteiger partial charge in [-0.2, -0.15) is 0 Å². The highest BCUT2D eigenvalue weighted by atomic mass is 16.6. The molecule has 4 aromatic rings. The van der Waals surface area contributed by atoms with E-state index >= 15 is 0 Å². The molecule has 8 aliphatic rings. The van der Waals surface area contributed by atoms with Crippen molar-refractivity contribution in [3.63, 3.8) is 0 Å². The number of unbranched alkanes of at least 4 members (excludes halogenated alkanes) is 22. The molecule has 0 aromatic heterocycles. The molecule has 10 nitrogen and oxygen atoms in total. The van der Waals surface area contributed by atoms with Gasteiger partial charge in [-0.3, -0.25) is 9.59 Å². The number of ether oxygens (including phenoxy) is 8. The van der Waals surface area contributed by atoms with Gasteiger partial charge in [-0.15, -0.1) is 0 Å². The van der Waals surface area contributed by atoms with Crippen LogP contribution in [0.5, 0.6) is 34.5 Å². The summed E-state index contributed by atoms with van der Waals surface area (Å²) in [5, 5.41) is 0. The first kappa shape index (κ1) is 97.2. The number of benzene rings is 4. The molecule has 12 rings (SSSR count). The van der Waals surface area contributed by atoms with E-state index in [9.17, 15) is 9.59 Å². The molecule has 4 aromatic carbocycles. The molecule has 0 bridgehead atoms. The average molecular weight is 1700 g/mol. The van der Waals surface area contributed by atoms with Crippen molar-refractivity contribution in [2.75, 3.05) is 39.6 Å². The van der Waals surface area contributed by atoms with Crippen molar-refractivity contribution < 1.29 is 47.5 Å². The van der Waals surface area contributed by atoms with Crippen molar-refractivity contribution in [3.8, 4) is 45.6 Å². The molecule has 8 aliphatic carbocycles. The first-order valence-electron chi connectivity index (χ1n) is 52.2. The van der Waals surface area contributed by atoms with Crippen molar-refractivity contribution in [2.24, 2.45) is 92.7 Å². The van der Waals surface area contributed by atoms with Crippen molar-refractivity contribution in [1.29, 1.82) is 0 Å². The summed E-state index contributed by atoms with van der Waals surface area (Å²) in [4.78, 5) is 26.2. The summed E-state index contributed by atoms with van der Waals surface area (Å²) >= 11 is 0. The molecule has 0 heterocycles. The smallest absolute Gasteiger partial charge is 0.306 e. The summed E-state index contributed by atoms with van der Waals surface area (Å²) in [7, 11) is 0. The predicted octanol–water partition coefficient (Wildman–Crippen LogP) is 31.9. The molecule has 0 amide bonds. The topological polar surface area (TPSA) is 108 Å². The molecule has 0 aliphatic heterocycles. The Labute approximate surface area is 755 Å². The van der Waals surface area contributed by atoms with E-state index in [1.807, 2.05) is 48.5 Å². The van der Waals surface area contributed by atoms with Gasteiger partial charge in [0.15, 0.2) is 23.0 Å². The van der Waals surface area contributed by atoms with Crippen LogP contribution in [0.4, 0.5) is 0 Å². The van der Waals surface area contributed by atoms with Gasteiger partial charge >= 0.3 is 11.9 Å². The molecule has 0 saturated heterocycles. The second kappa shape index (κ2) is 49.8. The first-order chi connectivity index (χ1) is 60.3. The van der Waals surface area contributed by atoms with Gasteiger partial charge < -0.3 is 37.9 Å². The zero-order chi connectivity index (χ0) is 87.0. The number of fused-ring (bicyclic) bond motifs is 10. The molecule has 6 fully saturated rings. The second-order valence-electron chi connectivity index (χ2n) is 43.0. The van der Waals surface area contributed by atoms with Crippen molar-refractivity contribution in [2.45, 2.75) is 402 Å². The Morgan fingerprint density at radius 1 is 0.323 bits per heavy atom. The van der Waals surface area contributed by atoms with Gasteiger partial charge in [0.1, 0.15) is 23.7 Å². The van der Waals surface area contributed by atoms with Crippen LogP contribution in [0.1, 0.15) is 390 Å². The third-order valence-electron chi connectivity index (χ3n) is 33.6. The van der Waals surface area contributed by atoms with Crippen LogP contribution in [-0.4, -0.2) is 63.8 Å². The van der Waals surface area contributed by atoms with Gasteiger partial charge in [0.25, 0.3) is 0 Å². The van der Waals surface area contributed by atoms with Gasteiger partial charge in [0.05, 0.1) is 39.6 Å². The summed E-state index contributed by atoms with van der Waals surface area (Å²) in [5.74, 6) is 15.4. The number of allylic oxidation sites excluding steroid dienone is 2. The molecule has 0 spiro atoms. The predicted molar refractivity (Wildman–Crippen MR) is 513 cm³/mol. The second-order valence-corrected chi connectivity index (χ2v) is 43.0. The fourth-order valence-corrected chi connectivity index (χ4v) is 26.3. The van der Waals surface area contributed by atoms with Crippen molar-refractivity contribution in [1.82, 2.24) is 0 Å². The van der Waals surface area contributed by atoms with E-state index in [0.717, 1.165) is 232 Å². The largest absolute Gasteiger partial charge is 0.494 e. The highest BCUT2D eigenvalue weighted by molar-refractivity contribution is 5.70. The molecular weight excluding hydrogens is 1530 g/mol. The van der Waals surface area contributed by atoms with E-state index in [1.54, 1.807) is 11.1 Å². The lowest BCUT2D eigenvalue weighted by atomic mass is 9.47. The van der Waals surface area contributed by atoms with Crippen molar-refractivity contribution >= 4 is 11.9 Å². The van der Waals surface area contributed by atoms with Gasteiger partial charge in [-0.25, -0.2) is 0 Å². The van der Waals surface area contributed by atoms with Crippen LogP contribution in [0.2, 0.25) is 0 Å². The van der Waals surface area contributed by atoms with E-state index < -0.39 is 0 Å². The number of rotatable bonds is 57. The number of hydrogen-bond acceptors (Lipinski definition) is 10. The van der Waals surface area contributed by atoms with Crippen LogP contribution in [0.15, 0.2) is 120 Å². The summed E-state index contributed by atoms with van der Waals surface area (Å²) in [5.41, 5.74) is 7.21. The molecule has 124 heavy (non-hydrogen) atoms. The number of para-hydroxylation sites is 4. The van der Waals surface area contributed by atoms with Gasteiger partial charge in [-0.05, 0) is 319 Å². The Morgan fingerprint density at radius 3 is 0.952 bits per heavy atom. The number of carbonyl (C=O) groups is 2. The maximum absolute atomic E-state index is 13.1. The molecule has 0 N–H and O–H groups in total. The summed E-state index contributed by atoms with van der Waals surface area (Å²) in [6.07, 6.45) is 64.6. The monoisotopic (exact) mass is 1700 g/mol. The van der Waals surface area contributed by atoms with Crippen LogP contribution in [-0.2, 0) is 19.1 Å². The number of carbonyl (C=O) groups excluding carboxylic acids is 2. The maximum Gasteiger partial charge on any atom is 0.306 e. The minimum Gasteiger partial charge on any atom is -0.494 e. The van der Waals surface area contributed by atoms with E-state index in [4.69, 9.17) is 37.9 Å². The Morgan fingerprint density at radius 2 is 0.629 bits per heavy atom. The fourth-order valence-electron chi connectivity index (χ4n) is 26.3. The third kappa shape index (κ3) is 27.6. The average Bonchev–Trinajstić information content (AvgIpc) is 1.49. The zero-order valence-corrected chi connectivity index (χ0v) is 80.2. The molecule has 6 saturated carbocycles. The Hall–Kier alpha value is -5.90. The third-order valence-corrected chi connectivity index (χ3v) is 33.6. The highest BCUT2D eigenvalue weighted by Gasteiger charge is 2.61. The Kier molecular flexibility index (Phi) is 39.0. The molecule has 10 heteroatoms. The quantitative estimate of drug-likeness (QED) is 0.0241. The van der Waals surface area contributed by atoms with E-state index in [1.165, 1.54) is 193 Å². The van der Waals surface area contributed by atoms with Crippen LogP contribution >= 0.6 is 0 Å². The minimum absolute atomic E-state index is 0.0302. The summed E-state index contributed by atoms with van der Waals surface area (Å²) < 4.78 is 49.6. The van der Waals surface area contributed by atoms with Crippen molar-refractivity contribution in [3.05, 3.63) is 120 Å². The van der Waals surface area contributed by atoms with Crippen LogP contribution < -0.4 is 28.4 Å². The lowest BCUT2D eigenvalue weighted by Gasteiger charge is -2.58. The minimum atomic E-state index is 0.0302. The SMILES string of the molecule is CC(C)CCC[C@@H](C)[C@H]1CC[C@H]2[C@@H]3CC=C4CC(OC(=O)CCCCCCCCCCCOc5ccccc5OCCCCCCOc5ccc(-c6ccc(OCCCCCCOc7ccccc7OCCCCCCCCCCCC(=O)OC7CC[C@@]8(C)C(=CC[C@H]9[C@@H]%10CC[C@H]([C@H](C)CCCC(C)C)[C@@]%10(C)CC[C@@H]98)C7)cc6)cc5)CC[C@]4(C)[C@H]3CC[C@]12C. The number of esters is 2. The molecule has 690 valence electrons. The maximum atomic E-state index is 13.1. The highest BCUT2D eigenvalue weighted by Crippen LogP contribution is 2.70.